The highest BCUT2D eigenvalue weighted by atomic mass is 16.5. The van der Waals surface area contributed by atoms with Crippen molar-refractivity contribution in [3.63, 3.8) is 0 Å². The van der Waals surface area contributed by atoms with Crippen LogP contribution in [0.2, 0.25) is 0 Å². The molecule has 0 aliphatic carbocycles. The van der Waals surface area contributed by atoms with Crippen LogP contribution in [0, 0.1) is 12.3 Å². The van der Waals surface area contributed by atoms with Gasteiger partial charge in [0.05, 0.1) is 19.0 Å². The average Bonchev–Trinajstić information content (AvgIpc) is 2.16. The highest BCUT2D eigenvalue weighted by molar-refractivity contribution is 5.94. The molecule has 1 N–H and O–H groups in total. The smallest absolute Gasteiger partial charge is 0.229 e. The van der Waals surface area contributed by atoms with E-state index in [0.717, 1.165) is 5.56 Å². The lowest BCUT2D eigenvalue weighted by Gasteiger charge is -2.17. The van der Waals surface area contributed by atoms with Crippen LogP contribution in [0.1, 0.15) is 26.3 Å². The summed E-state index contributed by atoms with van der Waals surface area (Å²) in [6, 6.07) is 1.84. The largest absolute Gasteiger partial charge is 0.481 e. The van der Waals surface area contributed by atoms with Crippen molar-refractivity contribution in [3.05, 3.63) is 17.8 Å². The number of nitrogens with zero attached hydrogens (tertiary/aromatic N) is 1. The average molecular weight is 222 g/mol. The molecule has 0 saturated carbocycles. The molecule has 0 unspecified atom stereocenters. The fraction of sp³-hybridized carbons (Fsp3) is 0.500. The third kappa shape index (κ3) is 2.95. The third-order valence-corrected chi connectivity index (χ3v) is 2.16. The van der Waals surface area contributed by atoms with E-state index in [9.17, 15) is 4.79 Å². The molecule has 0 aliphatic rings. The molecule has 0 aromatic carbocycles. The van der Waals surface area contributed by atoms with Crippen molar-refractivity contribution in [1.29, 1.82) is 0 Å². The lowest BCUT2D eigenvalue weighted by molar-refractivity contribution is -0.123. The van der Waals surface area contributed by atoms with Crippen LogP contribution in [0.25, 0.3) is 0 Å². The first-order chi connectivity index (χ1) is 7.34. The van der Waals surface area contributed by atoms with E-state index in [1.54, 1.807) is 13.3 Å². The predicted octanol–water partition coefficient (Wildman–Crippen LogP) is 2.38. The van der Waals surface area contributed by atoms with E-state index in [-0.39, 0.29) is 5.91 Å². The third-order valence-electron chi connectivity index (χ3n) is 2.16. The number of nitrogens with one attached hydrogen (secondary N) is 1. The number of methoxy groups -OCH3 is 1. The summed E-state index contributed by atoms with van der Waals surface area (Å²) in [5.74, 6) is 0.549. The Morgan fingerprint density at radius 1 is 1.44 bits per heavy atom. The maximum Gasteiger partial charge on any atom is 0.229 e. The number of hydrogen-bond acceptors (Lipinski definition) is 3. The van der Waals surface area contributed by atoms with E-state index in [4.69, 9.17) is 4.74 Å². The van der Waals surface area contributed by atoms with Crippen molar-refractivity contribution in [1.82, 2.24) is 4.98 Å². The Hall–Kier alpha value is -1.58. The molecule has 1 aromatic rings. The van der Waals surface area contributed by atoms with Crippen molar-refractivity contribution in [2.24, 2.45) is 5.41 Å². The molecule has 0 saturated heterocycles. The second-order valence-electron chi connectivity index (χ2n) is 4.75. The molecule has 0 spiro atoms. The lowest BCUT2D eigenvalue weighted by Crippen LogP contribution is -2.27. The Morgan fingerprint density at radius 3 is 2.50 bits per heavy atom. The van der Waals surface area contributed by atoms with E-state index in [1.807, 2.05) is 33.8 Å². The molecule has 1 aromatic heterocycles. The molecule has 16 heavy (non-hydrogen) atoms. The van der Waals surface area contributed by atoms with Crippen LogP contribution < -0.4 is 10.1 Å². The normalized spacial score (nSPS) is 11.1. The van der Waals surface area contributed by atoms with Crippen molar-refractivity contribution in [2.75, 3.05) is 12.4 Å². The summed E-state index contributed by atoms with van der Waals surface area (Å²) in [5.41, 5.74) is 1.18. The van der Waals surface area contributed by atoms with Gasteiger partial charge in [-0.15, -0.1) is 0 Å². The van der Waals surface area contributed by atoms with Crippen LogP contribution in [-0.4, -0.2) is 18.0 Å². The first-order valence-electron chi connectivity index (χ1n) is 5.16. The van der Waals surface area contributed by atoms with Gasteiger partial charge in [-0.2, -0.15) is 0 Å². The van der Waals surface area contributed by atoms with Gasteiger partial charge in [0.1, 0.15) is 0 Å². The summed E-state index contributed by atoms with van der Waals surface area (Å²) in [5, 5.41) is 2.82. The molecule has 88 valence electrons. The van der Waals surface area contributed by atoms with E-state index in [0.29, 0.717) is 11.6 Å². The zero-order chi connectivity index (χ0) is 12.3. The number of hydrogen-bond donors (Lipinski definition) is 1. The Morgan fingerprint density at radius 2 is 2.06 bits per heavy atom. The first-order valence-corrected chi connectivity index (χ1v) is 5.16. The van der Waals surface area contributed by atoms with Crippen LogP contribution in [0.4, 0.5) is 5.69 Å². The summed E-state index contributed by atoms with van der Waals surface area (Å²) in [7, 11) is 1.57. The molecule has 4 heteroatoms. The minimum Gasteiger partial charge on any atom is -0.481 e. The fourth-order valence-corrected chi connectivity index (χ4v) is 1.16. The Balaban J connectivity index is 2.84. The fourth-order valence-electron chi connectivity index (χ4n) is 1.16. The van der Waals surface area contributed by atoms with Crippen LogP contribution >= 0.6 is 0 Å². The van der Waals surface area contributed by atoms with Crippen LogP contribution in [-0.2, 0) is 4.79 Å². The molecular weight excluding hydrogens is 204 g/mol. The minimum absolute atomic E-state index is 0.0288. The molecule has 0 fully saturated rings. The molecule has 4 nitrogen and oxygen atoms in total. The van der Waals surface area contributed by atoms with Crippen LogP contribution in [0.5, 0.6) is 5.88 Å². The summed E-state index contributed by atoms with van der Waals surface area (Å²) in [4.78, 5) is 15.8. The van der Waals surface area contributed by atoms with Gasteiger partial charge in [0.2, 0.25) is 11.8 Å². The number of anilines is 1. The number of carbonyl (C=O) groups excluding carboxylic acids is 1. The predicted molar refractivity (Wildman–Crippen MR) is 63.6 cm³/mol. The van der Waals surface area contributed by atoms with Gasteiger partial charge in [-0.1, -0.05) is 20.8 Å². The molecule has 0 bridgehead atoms. The van der Waals surface area contributed by atoms with Gasteiger partial charge >= 0.3 is 0 Å². The monoisotopic (exact) mass is 222 g/mol. The number of rotatable bonds is 2. The van der Waals surface area contributed by atoms with Crippen LogP contribution in [0.3, 0.4) is 0 Å². The number of amides is 1. The second-order valence-corrected chi connectivity index (χ2v) is 4.75. The molecule has 0 atom stereocenters. The highest BCUT2D eigenvalue weighted by Crippen LogP contribution is 2.20. The van der Waals surface area contributed by atoms with Crippen molar-refractivity contribution in [3.8, 4) is 5.88 Å². The summed E-state index contributed by atoms with van der Waals surface area (Å²) >= 11 is 0. The number of ether oxygens (including phenoxy) is 1. The van der Waals surface area contributed by atoms with Crippen molar-refractivity contribution < 1.29 is 9.53 Å². The summed E-state index contributed by atoms with van der Waals surface area (Å²) in [6.07, 6.45) is 1.59. The van der Waals surface area contributed by atoms with Gasteiger partial charge in [0.25, 0.3) is 0 Å². The number of carbonyl (C=O) groups is 1. The molecule has 0 radical (unpaired) electrons. The first kappa shape index (κ1) is 12.5. The minimum atomic E-state index is -0.409. The molecule has 1 amide bonds. The standard InChI is InChI=1S/C12H18N2O2/c1-8-6-9(7-13-10(8)16-5)14-11(15)12(2,3)4/h6-7H,1-5H3,(H,14,15). The van der Waals surface area contributed by atoms with Gasteiger partial charge in [0, 0.05) is 11.0 Å². The van der Waals surface area contributed by atoms with Gasteiger partial charge in [-0.05, 0) is 13.0 Å². The van der Waals surface area contributed by atoms with Gasteiger partial charge in [0.15, 0.2) is 0 Å². The summed E-state index contributed by atoms with van der Waals surface area (Å²) in [6.45, 7) is 7.49. The molecular formula is C12H18N2O2. The number of pyridine rings is 1. The maximum absolute atomic E-state index is 11.7. The molecule has 1 rings (SSSR count). The van der Waals surface area contributed by atoms with Crippen LogP contribution in [0.15, 0.2) is 12.3 Å². The Bertz CT molecular complexity index is 394. The van der Waals surface area contributed by atoms with E-state index >= 15 is 0 Å². The van der Waals surface area contributed by atoms with Crippen molar-refractivity contribution in [2.45, 2.75) is 27.7 Å². The number of aromatic nitrogens is 1. The second kappa shape index (κ2) is 4.51. The molecule has 0 aliphatic heterocycles. The zero-order valence-electron chi connectivity index (χ0n) is 10.4. The van der Waals surface area contributed by atoms with E-state index in [2.05, 4.69) is 10.3 Å². The number of aryl methyl sites for hydroxylation is 1. The quantitative estimate of drug-likeness (QED) is 0.835. The molecule has 1 heterocycles. The van der Waals surface area contributed by atoms with Gasteiger partial charge < -0.3 is 10.1 Å². The van der Waals surface area contributed by atoms with E-state index in [1.165, 1.54) is 0 Å². The van der Waals surface area contributed by atoms with E-state index < -0.39 is 5.41 Å². The van der Waals surface area contributed by atoms with Gasteiger partial charge in [-0.3, -0.25) is 4.79 Å². The summed E-state index contributed by atoms with van der Waals surface area (Å²) < 4.78 is 5.05. The topological polar surface area (TPSA) is 51.2 Å². The maximum atomic E-state index is 11.7. The zero-order valence-corrected chi connectivity index (χ0v) is 10.4. The van der Waals surface area contributed by atoms with Crippen molar-refractivity contribution >= 4 is 11.6 Å². The van der Waals surface area contributed by atoms with Gasteiger partial charge in [-0.25, -0.2) is 4.98 Å². The SMILES string of the molecule is COc1ncc(NC(=O)C(C)(C)C)cc1C. The lowest BCUT2D eigenvalue weighted by atomic mass is 9.95. The Kier molecular flexibility index (Phi) is 3.52. The Labute approximate surface area is 96.0 Å². The highest BCUT2D eigenvalue weighted by Gasteiger charge is 2.21.